The summed E-state index contributed by atoms with van der Waals surface area (Å²) >= 11 is 5.88. The maximum absolute atomic E-state index is 11.1. The van der Waals surface area contributed by atoms with Gasteiger partial charge in [-0.2, -0.15) is 4.98 Å². The third-order valence-corrected chi connectivity index (χ3v) is 4.67. The number of hydrogen-bond acceptors (Lipinski definition) is 6. The molecule has 0 saturated carbocycles. The number of nitrogens with zero attached hydrogens (tertiary/aromatic N) is 4. The van der Waals surface area contributed by atoms with Crippen LogP contribution < -0.4 is 10.2 Å². The SMILES string of the molecule is CCCc1cc(N2CCCCC2)nc(Nc2ccc(Cl)c([N+](=O)[O-])c2)n1. The molecular formula is C18H22ClN5O2. The smallest absolute Gasteiger partial charge is 0.289 e. The van der Waals surface area contributed by atoms with Gasteiger partial charge < -0.3 is 10.2 Å². The average molecular weight is 376 g/mol. The van der Waals surface area contributed by atoms with Crippen molar-refractivity contribution in [1.82, 2.24) is 9.97 Å². The summed E-state index contributed by atoms with van der Waals surface area (Å²) < 4.78 is 0. The van der Waals surface area contributed by atoms with Gasteiger partial charge in [0.1, 0.15) is 10.8 Å². The van der Waals surface area contributed by atoms with Crippen molar-refractivity contribution in [3.63, 3.8) is 0 Å². The molecule has 1 saturated heterocycles. The van der Waals surface area contributed by atoms with Gasteiger partial charge in [-0.05, 0) is 37.8 Å². The van der Waals surface area contributed by atoms with E-state index in [-0.39, 0.29) is 10.7 Å². The molecule has 0 amide bonds. The van der Waals surface area contributed by atoms with Gasteiger partial charge in [0.15, 0.2) is 0 Å². The number of aryl methyl sites for hydroxylation is 1. The zero-order valence-electron chi connectivity index (χ0n) is 14.7. The highest BCUT2D eigenvalue weighted by Gasteiger charge is 2.16. The molecular weight excluding hydrogens is 354 g/mol. The number of halogens is 1. The van der Waals surface area contributed by atoms with E-state index in [0.717, 1.165) is 37.4 Å². The zero-order valence-corrected chi connectivity index (χ0v) is 15.5. The van der Waals surface area contributed by atoms with Crippen LogP contribution in [0.1, 0.15) is 38.3 Å². The number of hydrogen-bond donors (Lipinski definition) is 1. The highest BCUT2D eigenvalue weighted by Crippen LogP contribution is 2.29. The molecule has 0 spiro atoms. The number of nitro benzene ring substituents is 1. The Hall–Kier alpha value is -2.41. The van der Waals surface area contributed by atoms with Crippen LogP contribution in [0.3, 0.4) is 0 Å². The number of rotatable bonds is 6. The molecule has 7 nitrogen and oxygen atoms in total. The number of anilines is 3. The van der Waals surface area contributed by atoms with E-state index in [1.807, 2.05) is 6.07 Å². The number of benzene rings is 1. The van der Waals surface area contributed by atoms with Crippen LogP contribution in [0, 0.1) is 10.1 Å². The van der Waals surface area contributed by atoms with Gasteiger partial charge in [-0.25, -0.2) is 4.98 Å². The van der Waals surface area contributed by atoms with Gasteiger partial charge in [0.05, 0.1) is 4.92 Å². The molecule has 1 aromatic heterocycles. The average Bonchev–Trinajstić information content (AvgIpc) is 2.64. The Morgan fingerprint density at radius 3 is 2.69 bits per heavy atom. The first-order valence-corrected chi connectivity index (χ1v) is 9.28. The molecule has 0 unspecified atom stereocenters. The highest BCUT2D eigenvalue weighted by atomic mass is 35.5. The fourth-order valence-corrected chi connectivity index (χ4v) is 3.25. The zero-order chi connectivity index (χ0) is 18.5. The third-order valence-electron chi connectivity index (χ3n) is 4.35. The highest BCUT2D eigenvalue weighted by molar-refractivity contribution is 6.32. The van der Waals surface area contributed by atoms with Crippen LogP contribution in [0.4, 0.5) is 23.1 Å². The largest absolute Gasteiger partial charge is 0.356 e. The first-order chi connectivity index (χ1) is 12.6. The van der Waals surface area contributed by atoms with E-state index >= 15 is 0 Å². The van der Waals surface area contributed by atoms with Crippen molar-refractivity contribution in [1.29, 1.82) is 0 Å². The van der Waals surface area contributed by atoms with Gasteiger partial charge >= 0.3 is 0 Å². The van der Waals surface area contributed by atoms with E-state index in [1.54, 1.807) is 6.07 Å². The van der Waals surface area contributed by atoms with E-state index in [2.05, 4.69) is 27.1 Å². The lowest BCUT2D eigenvalue weighted by Crippen LogP contribution is -2.30. The molecule has 26 heavy (non-hydrogen) atoms. The molecule has 2 aromatic rings. The number of nitrogens with one attached hydrogen (secondary N) is 1. The molecule has 8 heteroatoms. The summed E-state index contributed by atoms with van der Waals surface area (Å²) in [5.41, 5.74) is 1.37. The van der Waals surface area contributed by atoms with Gasteiger partial charge in [0.25, 0.3) is 5.69 Å². The van der Waals surface area contributed by atoms with Gasteiger partial charge in [0, 0.05) is 36.6 Å². The predicted molar refractivity (Wildman–Crippen MR) is 103 cm³/mol. The summed E-state index contributed by atoms with van der Waals surface area (Å²) in [5, 5.41) is 14.3. The Bertz CT molecular complexity index is 793. The number of aromatic nitrogens is 2. The first-order valence-electron chi connectivity index (χ1n) is 8.90. The molecule has 3 rings (SSSR count). The molecule has 1 N–H and O–H groups in total. The minimum atomic E-state index is -0.499. The fourth-order valence-electron chi connectivity index (χ4n) is 3.07. The van der Waals surface area contributed by atoms with Crippen LogP contribution in [0.15, 0.2) is 24.3 Å². The summed E-state index contributed by atoms with van der Waals surface area (Å²) in [4.78, 5) is 22.1. The predicted octanol–water partition coefficient (Wildman–Crippen LogP) is 4.72. The first kappa shape index (κ1) is 18.4. The van der Waals surface area contributed by atoms with Crippen molar-refractivity contribution in [3.05, 3.63) is 45.1 Å². The summed E-state index contributed by atoms with van der Waals surface area (Å²) in [7, 11) is 0. The van der Waals surface area contributed by atoms with Crippen molar-refractivity contribution in [2.24, 2.45) is 0 Å². The molecule has 0 bridgehead atoms. The second kappa shape index (κ2) is 8.31. The lowest BCUT2D eigenvalue weighted by molar-refractivity contribution is -0.384. The standard InChI is InChI=1S/C18H22ClN5O2/c1-2-6-13-12-17(23-9-4-3-5-10-23)22-18(20-13)21-14-7-8-15(19)16(11-14)24(25)26/h7-8,11-12H,2-6,9-10H2,1H3,(H,20,21,22). The van der Waals surface area contributed by atoms with Gasteiger partial charge in [-0.3, -0.25) is 10.1 Å². The van der Waals surface area contributed by atoms with Crippen molar-refractivity contribution in [3.8, 4) is 0 Å². The third kappa shape index (κ3) is 4.40. The van der Waals surface area contributed by atoms with E-state index < -0.39 is 4.92 Å². The van der Waals surface area contributed by atoms with Crippen molar-refractivity contribution < 1.29 is 4.92 Å². The van der Waals surface area contributed by atoms with E-state index in [1.165, 1.54) is 31.4 Å². The lowest BCUT2D eigenvalue weighted by atomic mass is 10.1. The minimum Gasteiger partial charge on any atom is -0.356 e. The topological polar surface area (TPSA) is 84.2 Å². The normalized spacial score (nSPS) is 14.3. The second-order valence-electron chi connectivity index (χ2n) is 6.39. The lowest BCUT2D eigenvalue weighted by Gasteiger charge is -2.28. The van der Waals surface area contributed by atoms with Gasteiger partial charge in [-0.15, -0.1) is 0 Å². The molecule has 0 atom stereocenters. The fraction of sp³-hybridized carbons (Fsp3) is 0.444. The quantitative estimate of drug-likeness (QED) is 0.580. The van der Waals surface area contributed by atoms with Crippen LogP contribution in [-0.4, -0.2) is 28.0 Å². The maximum atomic E-state index is 11.1. The Labute approximate surface area is 157 Å². The van der Waals surface area contributed by atoms with Crippen molar-refractivity contribution >= 4 is 34.7 Å². The molecule has 0 radical (unpaired) electrons. The molecule has 1 aliphatic rings. The number of piperidine rings is 1. The maximum Gasteiger partial charge on any atom is 0.289 e. The summed E-state index contributed by atoms with van der Waals surface area (Å²) in [5.74, 6) is 1.36. The van der Waals surface area contributed by atoms with E-state index in [0.29, 0.717) is 11.6 Å². The van der Waals surface area contributed by atoms with Crippen molar-refractivity contribution in [2.45, 2.75) is 39.0 Å². The molecule has 2 heterocycles. The Kier molecular flexibility index (Phi) is 5.88. The molecule has 1 aliphatic heterocycles. The summed E-state index contributed by atoms with van der Waals surface area (Å²) in [6, 6.07) is 6.64. The van der Waals surface area contributed by atoms with Crippen LogP contribution in [0.2, 0.25) is 5.02 Å². The van der Waals surface area contributed by atoms with E-state index in [4.69, 9.17) is 11.6 Å². The minimum absolute atomic E-state index is 0.107. The van der Waals surface area contributed by atoms with Crippen LogP contribution >= 0.6 is 11.6 Å². The molecule has 0 aliphatic carbocycles. The van der Waals surface area contributed by atoms with Crippen LogP contribution in [0.5, 0.6) is 0 Å². The van der Waals surface area contributed by atoms with Crippen LogP contribution in [0.25, 0.3) is 0 Å². The summed E-state index contributed by atoms with van der Waals surface area (Å²) in [6.07, 6.45) is 5.43. The molecule has 1 aromatic carbocycles. The Morgan fingerprint density at radius 2 is 2.00 bits per heavy atom. The van der Waals surface area contributed by atoms with E-state index in [9.17, 15) is 10.1 Å². The molecule has 1 fully saturated rings. The second-order valence-corrected chi connectivity index (χ2v) is 6.79. The molecule has 138 valence electrons. The van der Waals surface area contributed by atoms with Gasteiger partial charge in [0.2, 0.25) is 5.95 Å². The number of nitro groups is 1. The summed E-state index contributed by atoms with van der Waals surface area (Å²) in [6.45, 7) is 4.10. The van der Waals surface area contributed by atoms with Crippen molar-refractivity contribution in [2.75, 3.05) is 23.3 Å². The Balaban J connectivity index is 1.89. The monoisotopic (exact) mass is 375 g/mol. The van der Waals surface area contributed by atoms with Crippen LogP contribution in [-0.2, 0) is 6.42 Å². The van der Waals surface area contributed by atoms with Gasteiger partial charge in [-0.1, -0.05) is 24.9 Å². The Morgan fingerprint density at radius 1 is 1.23 bits per heavy atom.